The van der Waals surface area contributed by atoms with Crippen LogP contribution in [0.2, 0.25) is 0 Å². The molecule has 2 fully saturated rings. The molecule has 24 heteroatoms. The van der Waals surface area contributed by atoms with Crippen molar-refractivity contribution in [2.75, 3.05) is 40.5 Å². The summed E-state index contributed by atoms with van der Waals surface area (Å²) in [6.07, 6.45) is 2.31. The van der Waals surface area contributed by atoms with Crippen LogP contribution in [0.3, 0.4) is 0 Å². The molecule has 380 valence electrons. The third-order valence-corrected chi connectivity index (χ3v) is 13.2. The molecule has 0 aromatic carbocycles. The molecular weight excluding hydrogens is 1020 g/mol. The molecule has 0 aliphatic carbocycles. The van der Waals surface area contributed by atoms with Crippen molar-refractivity contribution >= 4 is 86.4 Å². The van der Waals surface area contributed by atoms with Gasteiger partial charge in [0.2, 0.25) is 11.8 Å². The lowest BCUT2D eigenvalue weighted by molar-refractivity contribution is -0.150. The molecule has 0 spiro atoms. The molecule has 0 bridgehead atoms. The van der Waals surface area contributed by atoms with Crippen molar-refractivity contribution in [2.45, 2.75) is 78.6 Å². The zero-order valence-corrected chi connectivity index (χ0v) is 43.3. The first-order valence-electron chi connectivity index (χ1n) is 22.0. The van der Waals surface area contributed by atoms with Crippen LogP contribution in [0.5, 0.6) is 11.5 Å². The molecule has 6 heterocycles. The molecule has 2 saturated heterocycles. The number of thiophene rings is 2. The van der Waals surface area contributed by atoms with E-state index in [1.165, 1.54) is 35.4 Å². The second-order valence-electron chi connectivity index (χ2n) is 18.4. The number of hydrogen-bond donors (Lipinski definition) is 6. The molecule has 0 unspecified atom stereocenters. The van der Waals surface area contributed by atoms with Crippen molar-refractivity contribution in [2.24, 2.45) is 22.7 Å². The van der Waals surface area contributed by atoms with Gasteiger partial charge in [-0.25, -0.2) is 24.2 Å². The summed E-state index contributed by atoms with van der Waals surface area (Å²) in [6, 6.07) is 10.6. The molecule has 6 atom stereocenters. The summed E-state index contributed by atoms with van der Waals surface area (Å²) < 4.78 is 22.2. The Morgan fingerprint density at radius 1 is 0.729 bits per heavy atom. The zero-order chi connectivity index (χ0) is 51.9. The highest BCUT2D eigenvalue weighted by Crippen LogP contribution is 2.32. The summed E-state index contributed by atoms with van der Waals surface area (Å²) in [5, 5.41) is 45.2. The number of rotatable bonds is 14. The van der Waals surface area contributed by atoms with Crippen LogP contribution >= 0.6 is 38.6 Å². The second kappa shape index (κ2) is 25.9. The predicted molar refractivity (Wildman–Crippen MR) is 265 cm³/mol. The van der Waals surface area contributed by atoms with Gasteiger partial charge in [-0.05, 0) is 68.6 Å². The Hall–Kier alpha value is -5.82. The monoisotopic (exact) mass is 1070 g/mol. The summed E-state index contributed by atoms with van der Waals surface area (Å²) in [5.41, 5.74) is -0.472. The van der Waals surface area contributed by atoms with Crippen molar-refractivity contribution in [3.63, 3.8) is 0 Å². The van der Waals surface area contributed by atoms with Crippen LogP contribution in [0.1, 0.15) is 54.4 Å². The van der Waals surface area contributed by atoms with E-state index in [1.54, 1.807) is 101 Å². The van der Waals surface area contributed by atoms with Gasteiger partial charge in [0, 0.05) is 54.2 Å². The van der Waals surface area contributed by atoms with Crippen LogP contribution in [-0.2, 0) is 28.7 Å². The zero-order valence-electron chi connectivity index (χ0n) is 40.1. The Morgan fingerprint density at radius 2 is 1.19 bits per heavy atom. The number of carboxylic acid groups (broad SMARTS) is 2. The molecule has 20 nitrogen and oxygen atoms in total. The van der Waals surface area contributed by atoms with Gasteiger partial charge in [-0.1, -0.05) is 59.7 Å². The number of carbonyl (C=O) groups is 6. The van der Waals surface area contributed by atoms with E-state index in [0.29, 0.717) is 20.9 Å². The fraction of sp³-hybridized carbons (Fsp3) is 0.478. The van der Waals surface area contributed by atoms with Gasteiger partial charge in [-0.3, -0.25) is 14.6 Å². The maximum Gasteiger partial charge on any atom is 0.499 e. The van der Waals surface area contributed by atoms with Gasteiger partial charge in [0.15, 0.2) is 0 Å². The Labute approximate surface area is 423 Å². The first kappa shape index (κ1) is 56.8. The van der Waals surface area contributed by atoms with E-state index in [4.69, 9.17) is 19.5 Å². The molecule has 4 aromatic rings. The molecule has 2 aliphatic rings. The van der Waals surface area contributed by atoms with Crippen molar-refractivity contribution in [3.05, 3.63) is 76.3 Å². The first-order chi connectivity index (χ1) is 32.9. The summed E-state index contributed by atoms with van der Waals surface area (Å²) in [6.45, 7) is 11.7. The Bertz CT molecular complexity index is 2370. The minimum atomic E-state index is -1.30. The van der Waals surface area contributed by atoms with Crippen LogP contribution in [-0.4, -0.2) is 148 Å². The summed E-state index contributed by atoms with van der Waals surface area (Å²) >= 11 is 6.18. The third kappa shape index (κ3) is 16.7. The highest BCUT2D eigenvalue weighted by atomic mass is 79.9. The fourth-order valence-electron chi connectivity index (χ4n) is 7.43. The lowest BCUT2D eigenvalue weighted by Gasteiger charge is -2.34. The van der Waals surface area contributed by atoms with E-state index >= 15 is 0 Å². The number of carboxylic acids is 2. The molecule has 4 amide bonds. The lowest BCUT2D eigenvalue weighted by Crippen LogP contribution is -2.56. The van der Waals surface area contributed by atoms with Crippen LogP contribution in [0, 0.1) is 22.7 Å². The van der Waals surface area contributed by atoms with Crippen LogP contribution in [0.4, 0.5) is 9.59 Å². The van der Waals surface area contributed by atoms with E-state index in [2.05, 4.69) is 46.0 Å². The maximum atomic E-state index is 13.3. The van der Waals surface area contributed by atoms with E-state index < -0.39 is 78.1 Å². The predicted octanol–water partition coefficient (Wildman–Crippen LogP) is 4.98. The van der Waals surface area contributed by atoms with Crippen molar-refractivity contribution in [3.8, 4) is 22.1 Å². The third-order valence-electron chi connectivity index (χ3n) is 11.0. The SMILES string of the molecule is COC(=O)N[C@H](C(=O)N1C[C@H](COc2ccnc(-c3cccs3)c2)C[C@H]1C(=O)O)C(C)(C)C.COC(=O)N[C@H](C(=O)N1C[C@H](COc2ccnc(Br)c2)C[C@H]1C(=O)O)C(C)(C)C.OB(O)c1cccs1. The molecule has 2 aliphatic heterocycles. The van der Waals surface area contributed by atoms with Crippen molar-refractivity contribution < 1.29 is 68.0 Å². The summed E-state index contributed by atoms with van der Waals surface area (Å²) in [5.74, 6) is -2.18. The largest absolute Gasteiger partial charge is 0.499 e. The van der Waals surface area contributed by atoms with Gasteiger partial charge in [-0.2, -0.15) is 11.3 Å². The number of halogens is 1. The number of pyridine rings is 2. The van der Waals surface area contributed by atoms with Crippen molar-refractivity contribution in [1.82, 2.24) is 30.4 Å². The maximum absolute atomic E-state index is 13.3. The number of ether oxygens (including phenoxy) is 4. The first-order valence-corrected chi connectivity index (χ1v) is 24.5. The molecule has 6 N–H and O–H groups in total. The smallest absolute Gasteiger partial charge is 0.493 e. The van der Waals surface area contributed by atoms with E-state index in [-0.39, 0.29) is 51.0 Å². The fourth-order valence-corrected chi connectivity index (χ4v) is 9.06. The second-order valence-corrected chi connectivity index (χ2v) is 21.2. The Kier molecular flexibility index (Phi) is 21.0. The van der Waals surface area contributed by atoms with E-state index in [1.807, 2.05) is 23.6 Å². The summed E-state index contributed by atoms with van der Waals surface area (Å²) in [4.78, 5) is 85.7. The minimum Gasteiger partial charge on any atom is -0.493 e. The number of amides is 4. The normalized spacial score (nSPS) is 18.4. The minimum absolute atomic E-state index is 0.161. The number of hydrogen-bond acceptors (Lipinski definition) is 16. The van der Waals surface area contributed by atoms with Crippen LogP contribution in [0.15, 0.2) is 76.3 Å². The number of nitrogens with one attached hydrogen (secondary N) is 2. The number of likely N-dealkylation sites (tertiary alicyclic amines) is 2. The molecular formula is C46H60BBrN6O14S2. The highest BCUT2D eigenvalue weighted by Gasteiger charge is 2.47. The average molecular weight is 1080 g/mol. The molecule has 0 radical (unpaired) electrons. The molecule has 4 aromatic heterocycles. The average Bonchev–Trinajstić information content (AvgIpc) is 4.16. The molecule has 6 rings (SSSR count). The van der Waals surface area contributed by atoms with Gasteiger partial charge >= 0.3 is 31.2 Å². The van der Waals surface area contributed by atoms with Gasteiger partial charge in [0.05, 0.1) is 38.0 Å². The topological polar surface area (TPSA) is 277 Å². The van der Waals surface area contributed by atoms with E-state index in [0.717, 1.165) is 10.6 Å². The van der Waals surface area contributed by atoms with Crippen LogP contribution < -0.4 is 24.9 Å². The number of nitrogens with zero attached hydrogens (tertiary/aromatic N) is 4. The highest BCUT2D eigenvalue weighted by molar-refractivity contribution is 9.10. The number of methoxy groups -OCH3 is 2. The number of aliphatic carboxylic acids is 2. The number of alkyl carbamates (subject to hydrolysis) is 2. The van der Waals surface area contributed by atoms with Gasteiger partial charge in [0.25, 0.3) is 0 Å². The molecule has 70 heavy (non-hydrogen) atoms. The summed E-state index contributed by atoms with van der Waals surface area (Å²) in [7, 11) is 1.13. The van der Waals surface area contributed by atoms with Crippen molar-refractivity contribution in [1.29, 1.82) is 0 Å². The quantitative estimate of drug-likeness (QED) is 0.0717. The standard InChI is InChI=1S/C23H29N3O6S.C19H26BrN3O6.C4H5BO2S/c1-23(2,3)19(25-22(30)31-4)20(27)26-12-14(10-17(26)21(28)29)13-32-15-7-8-24-16(11-15)18-6-5-9-33-18;1-19(2,3)15(22-18(27)28-4)16(24)23-9-11(7-13(23)17(25)26)10-29-12-5-6-21-14(20)8-12;6-5(7)4-2-1-3-8-4/h5-9,11,14,17,19H,10,12-13H2,1-4H3,(H,25,30)(H,28,29);5-6,8,11,13,15H,7,9-10H2,1-4H3,(H,22,27)(H,25,26);1-3,6-7H/t14-,17+,19-;11-,13+,15-;/m11./s1. The number of carbonyl (C=O) groups excluding carboxylic acids is 4. The number of aromatic nitrogens is 2. The lowest BCUT2D eigenvalue weighted by atomic mass is 9.85. The Morgan fingerprint density at radius 3 is 1.56 bits per heavy atom. The Balaban J connectivity index is 0.000000264. The van der Waals surface area contributed by atoms with Gasteiger partial charge in [0.1, 0.15) is 40.3 Å². The van der Waals surface area contributed by atoms with E-state index in [9.17, 15) is 39.0 Å². The molecule has 0 saturated carbocycles. The van der Waals surface area contributed by atoms with Gasteiger partial charge in [-0.15, -0.1) is 11.3 Å². The van der Waals surface area contributed by atoms with Crippen LogP contribution in [0.25, 0.3) is 10.6 Å². The van der Waals surface area contributed by atoms with Gasteiger partial charge < -0.3 is 59.6 Å².